The molecule has 126 valence electrons. The molecule has 0 aromatic carbocycles. The number of hydrogen-bond donors (Lipinski definition) is 2. The summed E-state index contributed by atoms with van der Waals surface area (Å²) in [6, 6.07) is 2.67. The number of piperidine rings is 1. The average Bonchev–Trinajstić information content (AvgIpc) is 3.00. The molecule has 0 saturated carbocycles. The number of nitrogens with two attached hydrogens (primary N) is 1. The summed E-state index contributed by atoms with van der Waals surface area (Å²) in [6.07, 6.45) is 11.8. The van der Waals surface area contributed by atoms with Crippen molar-refractivity contribution >= 4 is 12.0 Å². The monoisotopic (exact) mass is 325 g/mol. The molecule has 0 amide bonds. The molecule has 4 rings (SSSR count). The number of aryl methyl sites for hydroxylation is 1. The third kappa shape index (κ3) is 2.41. The van der Waals surface area contributed by atoms with Crippen molar-refractivity contribution in [1.82, 2.24) is 20.0 Å². The van der Waals surface area contributed by atoms with Crippen molar-refractivity contribution in [3.63, 3.8) is 0 Å². The molecule has 0 aliphatic carbocycles. The first-order valence-corrected chi connectivity index (χ1v) is 8.37. The SMILES string of the molecule is CC1CC(N)CCN1C1=C2C=CNC=C2N(c2ccnn2C)N=C1. The van der Waals surface area contributed by atoms with Crippen LogP contribution in [0, 0.1) is 0 Å². The van der Waals surface area contributed by atoms with Crippen molar-refractivity contribution in [2.75, 3.05) is 11.6 Å². The van der Waals surface area contributed by atoms with Crippen LogP contribution >= 0.6 is 0 Å². The Morgan fingerprint density at radius 1 is 1.38 bits per heavy atom. The van der Waals surface area contributed by atoms with Crippen LogP contribution in [0.1, 0.15) is 19.8 Å². The number of allylic oxidation sites excluding steroid dienone is 2. The molecule has 1 fully saturated rings. The molecule has 1 aromatic rings. The van der Waals surface area contributed by atoms with Crippen molar-refractivity contribution in [1.29, 1.82) is 0 Å². The van der Waals surface area contributed by atoms with Gasteiger partial charge in [0.25, 0.3) is 0 Å². The number of likely N-dealkylation sites (tertiary alicyclic amines) is 1. The number of nitrogens with zero attached hydrogens (tertiary/aromatic N) is 5. The zero-order chi connectivity index (χ0) is 16.7. The molecule has 1 aromatic heterocycles. The lowest BCUT2D eigenvalue weighted by molar-refractivity contribution is 0.200. The Labute approximate surface area is 141 Å². The lowest BCUT2D eigenvalue weighted by atomic mass is 9.96. The van der Waals surface area contributed by atoms with Gasteiger partial charge in [0.2, 0.25) is 0 Å². The van der Waals surface area contributed by atoms with Crippen molar-refractivity contribution in [2.45, 2.75) is 31.8 Å². The quantitative estimate of drug-likeness (QED) is 0.856. The number of hydrazone groups is 1. The van der Waals surface area contributed by atoms with Gasteiger partial charge < -0.3 is 16.0 Å². The van der Waals surface area contributed by atoms with Gasteiger partial charge in [0.15, 0.2) is 5.82 Å². The minimum absolute atomic E-state index is 0.298. The van der Waals surface area contributed by atoms with Gasteiger partial charge in [0.1, 0.15) is 0 Å². The highest BCUT2D eigenvalue weighted by Crippen LogP contribution is 2.33. The fourth-order valence-electron chi connectivity index (χ4n) is 3.61. The second kappa shape index (κ2) is 5.83. The first kappa shape index (κ1) is 15.0. The van der Waals surface area contributed by atoms with E-state index in [1.54, 1.807) is 6.20 Å². The van der Waals surface area contributed by atoms with Crippen LogP contribution in [-0.2, 0) is 7.05 Å². The van der Waals surface area contributed by atoms with Gasteiger partial charge in [0.05, 0.1) is 23.8 Å². The average molecular weight is 325 g/mol. The lowest BCUT2D eigenvalue weighted by Crippen LogP contribution is -2.46. The van der Waals surface area contributed by atoms with Crippen molar-refractivity contribution in [2.24, 2.45) is 17.9 Å². The predicted molar refractivity (Wildman–Crippen MR) is 94.9 cm³/mol. The Kier molecular flexibility index (Phi) is 3.65. The third-order valence-electron chi connectivity index (χ3n) is 4.88. The molecule has 4 heterocycles. The maximum Gasteiger partial charge on any atom is 0.152 e. The van der Waals surface area contributed by atoms with Crippen molar-refractivity contribution in [3.05, 3.63) is 47.7 Å². The molecule has 7 heteroatoms. The molecular formula is C17H23N7. The standard InChI is InChI=1S/C17H23N7/c1-12-9-13(18)5-8-23(12)15-11-21-24(17-4-7-20-22(17)2)16-10-19-6-3-14(15)16/h3-4,6-7,10-13,19H,5,8-9,18H2,1-2H3. The van der Waals surface area contributed by atoms with Crippen LogP contribution in [0.3, 0.4) is 0 Å². The minimum atomic E-state index is 0.298. The van der Waals surface area contributed by atoms with Crippen LogP contribution in [0.15, 0.2) is 52.8 Å². The van der Waals surface area contributed by atoms with E-state index >= 15 is 0 Å². The van der Waals surface area contributed by atoms with E-state index in [4.69, 9.17) is 10.8 Å². The van der Waals surface area contributed by atoms with E-state index in [9.17, 15) is 0 Å². The van der Waals surface area contributed by atoms with Crippen LogP contribution in [0.2, 0.25) is 0 Å². The predicted octanol–water partition coefficient (Wildman–Crippen LogP) is 1.25. The highest BCUT2D eigenvalue weighted by atomic mass is 15.5. The highest BCUT2D eigenvalue weighted by Gasteiger charge is 2.31. The Balaban J connectivity index is 1.72. The van der Waals surface area contributed by atoms with Gasteiger partial charge in [-0.15, -0.1) is 0 Å². The number of aromatic nitrogens is 2. The van der Waals surface area contributed by atoms with E-state index in [1.807, 2.05) is 41.4 Å². The molecule has 24 heavy (non-hydrogen) atoms. The van der Waals surface area contributed by atoms with E-state index in [0.717, 1.165) is 36.6 Å². The molecule has 3 aliphatic heterocycles. The van der Waals surface area contributed by atoms with Gasteiger partial charge in [-0.25, -0.2) is 5.01 Å². The summed E-state index contributed by atoms with van der Waals surface area (Å²) in [5, 5.41) is 14.1. The van der Waals surface area contributed by atoms with Gasteiger partial charge in [-0.1, -0.05) is 0 Å². The van der Waals surface area contributed by atoms with Gasteiger partial charge in [-0.3, -0.25) is 4.68 Å². The highest BCUT2D eigenvalue weighted by molar-refractivity contribution is 5.86. The van der Waals surface area contributed by atoms with E-state index < -0.39 is 0 Å². The molecule has 0 bridgehead atoms. The van der Waals surface area contributed by atoms with Crippen LogP contribution in [0.4, 0.5) is 5.82 Å². The molecule has 3 aliphatic rings. The second-order valence-electron chi connectivity index (χ2n) is 6.52. The molecular weight excluding hydrogens is 302 g/mol. The third-order valence-corrected chi connectivity index (χ3v) is 4.88. The summed E-state index contributed by atoms with van der Waals surface area (Å²) in [5.41, 5.74) is 9.49. The summed E-state index contributed by atoms with van der Waals surface area (Å²) in [7, 11) is 1.92. The van der Waals surface area contributed by atoms with Gasteiger partial charge in [-0.05, 0) is 25.8 Å². The first-order chi connectivity index (χ1) is 11.6. The van der Waals surface area contributed by atoms with Crippen LogP contribution in [0.25, 0.3) is 0 Å². The zero-order valence-electron chi connectivity index (χ0n) is 14.1. The lowest BCUT2D eigenvalue weighted by Gasteiger charge is -2.41. The Bertz CT molecular complexity index is 755. The number of hydrogen-bond acceptors (Lipinski definition) is 6. The maximum atomic E-state index is 6.12. The smallest absolute Gasteiger partial charge is 0.152 e. The fourth-order valence-corrected chi connectivity index (χ4v) is 3.61. The number of dihydropyridines is 1. The molecule has 7 nitrogen and oxygen atoms in total. The van der Waals surface area contributed by atoms with Gasteiger partial charge in [-0.2, -0.15) is 10.2 Å². The number of nitrogens with one attached hydrogen (secondary N) is 1. The fraction of sp³-hybridized carbons (Fsp3) is 0.412. The van der Waals surface area contributed by atoms with E-state index in [0.29, 0.717) is 12.1 Å². The summed E-state index contributed by atoms with van der Waals surface area (Å²) < 4.78 is 1.82. The van der Waals surface area contributed by atoms with Gasteiger partial charge in [0, 0.05) is 49.7 Å². The Morgan fingerprint density at radius 2 is 2.25 bits per heavy atom. The molecule has 0 radical (unpaired) electrons. The molecule has 1 saturated heterocycles. The summed E-state index contributed by atoms with van der Waals surface area (Å²) in [4.78, 5) is 2.42. The largest absolute Gasteiger partial charge is 0.367 e. The Hall–Kier alpha value is -2.54. The summed E-state index contributed by atoms with van der Waals surface area (Å²) >= 11 is 0. The molecule has 2 atom stereocenters. The Morgan fingerprint density at radius 3 is 3.00 bits per heavy atom. The topological polar surface area (TPSA) is 74.7 Å². The molecule has 0 spiro atoms. The van der Waals surface area contributed by atoms with Crippen molar-refractivity contribution < 1.29 is 0 Å². The second-order valence-corrected chi connectivity index (χ2v) is 6.52. The number of anilines is 1. The zero-order valence-corrected chi connectivity index (χ0v) is 14.1. The van der Waals surface area contributed by atoms with Crippen LogP contribution in [-0.4, -0.2) is 39.5 Å². The van der Waals surface area contributed by atoms with E-state index in [-0.39, 0.29) is 0 Å². The maximum absolute atomic E-state index is 6.12. The molecule has 2 unspecified atom stereocenters. The summed E-state index contributed by atoms with van der Waals surface area (Å²) in [6.45, 7) is 3.20. The van der Waals surface area contributed by atoms with Crippen molar-refractivity contribution in [3.8, 4) is 0 Å². The van der Waals surface area contributed by atoms with Crippen LogP contribution in [0.5, 0.6) is 0 Å². The summed E-state index contributed by atoms with van der Waals surface area (Å²) in [5.74, 6) is 0.930. The van der Waals surface area contributed by atoms with Gasteiger partial charge >= 0.3 is 0 Å². The first-order valence-electron chi connectivity index (χ1n) is 8.37. The number of rotatable bonds is 2. The van der Waals surface area contributed by atoms with E-state index in [1.165, 1.54) is 5.57 Å². The van der Waals surface area contributed by atoms with E-state index in [2.05, 4.69) is 28.3 Å². The molecule has 3 N–H and O–H groups in total. The van der Waals surface area contributed by atoms with Crippen LogP contribution < -0.4 is 16.1 Å². The normalized spacial score (nSPS) is 26.4. The number of fused-ring (bicyclic) bond motifs is 1. The minimum Gasteiger partial charge on any atom is -0.367 e.